The van der Waals surface area contributed by atoms with Gasteiger partial charge in [0.2, 0.25) is 5.91 Å². The summed E-state index contributed by atoms with van der Waals surface area (Å²) < 4.78 is 0. The van der Waals surface area contributed by atoms with Crippen molar-refractivity contribution in [1.29, 1.82) is 0 Å². The molecule has 1 saturated carbocycles. The van der Waals surface area contributed by atoms with Gasteiger partial charge < -0.3 is 10.6 Å². The second-order valence-corrected chi connectivity index (χ2v) is 3.26. The molecule has 0 aromatic carbocycles. The van der Waals surface area contributed by atoms with Crippen LogP contribution in [0.25, 0.3) is 0 Å². The first-order valence-electron chi connectivity index (χ1n) is 4.56. The lowest BCUT2D eigenvalue weighted by molar-refractivity contribution is -0.120. The highest BCUT2D eigenvalue weighted by atomic mass is 16.2. The monoisotopic (exact) mass is 210 g/mol. The second kappa shape index (κ2) is 4.03. The molecule has 0 aliphatic heterocycles. The molecule has 15 heavy (non-hydrogen) atoms. The van der Waals surface area contributed by atoms with Crippen molar-refractivity contribution in [2.24, 2.45) is 0 Å². The van der Waals surface area contributed by atoms with E-state index in [1.165, 1.54) is 0 Å². The summed E-state index contributed by atoms with van der Waals surface area (Å²) in [7, 11) is 0. The normalized spacial score (nSPS) is 14.7. The molecule has 0 atom stereocenters. The fourth-order valence-electron chi connectivity index (χ4n) is 1.00. The zero-order chi connectivity index (χ0) is 10.7. The van der Waals surface area contributed by atoms with E-state index in [4.69, 9.17) is 0 Å². The Bertz CT molecular complexity index is 358. The lowest BCUT2D eigenvalue weighted by Gasteiger charge is -2.03. The molecule has 3 N–H and O–H groups in total. The van der Waals surface area contributed by atoms with E-state index >= 15 is 0 Å². The van der Waals surface area contributed by atoms with Gasteiger partial charge in [-0.05, 0) is 18.1 Å². The number of amides is 2. The van der Waals surface area contributed by atoms with E-state index in [-0.39, 0.29) is 18.3 Å². The summed E-state index contributed by atoms with van der Waals surface area (Å²) in [6.07, 6.45) is 2.04. The number of rotatable bonds is 4. The predicted molar refractivity (Wildman–Crippen MR) is 47.7 cm³/mol. The summed E-state index contributed by atoms with van der Waals surface area (Å²) in [6.45, 7) is -0.0656. The molecular weight excluding hydrogens is 200 g/mol. The Labute approximate surface area is 84.8 Å². The highest BCUT2D eigenvalue weighted by Gasteiger charge is 2.23. The van der Waals surface area contributed by atoms with Crippen LogP contribution in [0.4, 0.5) is 0 Å². The first-order chi connectivity index (χ1) is 7.25. The number of aromatic amines is 1. The molecule has 0 bridgehead atoms. The molecule has 0 radical (unpaired) electrons. The average Bonchev–Trinajstić information content (AvgIpc) is 2.86. The van der Waals surface area contributed by atoms with Gasteiger partial charge in [-0.1, -0.05) is 0 Å². The van der Waals surface area contributed by atoms with Crippen molar-refractivity contribution >= 4 is 11.8 Å². The molecular formula is C7H10N6O2. The topological polar surface area (TPSA) is 113 Å². The maximum absolute atomic E-state index is 11.2. The van der Waals surface area contributed by atoms with Crippen molar-refractivity contribution < 1.29 is 9.59 Å². The number of tetrazole rings is 1. The van der Waals surface area contributed by atoms with Crippen LogP contribution in [-0.2, 0) is 4.79 Å². The summed E-state index contributed by atoms with van der Waals surface area (Å²) in [5.41, 5.74) is 0. The molecule has 1 heterocycles. The number of nitrogens with zero attached hydrogens (tertiary/aromatic N) is 3. The maximum atomic E-state index is 11.2. The fourth-order valence-corrected chi connectivity index (χ4v) is 1.00. The summed E-state index contributed by atoms with van der Waals surface area (Å²) in [4.78, 5) is 22.4. The quantitative estimate of drug-likeness (QED) is 0.543. The van der Waals surface area contributed by atoms with Gasteiger partial charge in [-0.2, -0.15) is 5.21 Å². The Morgan fingerprint density at radius 2 is 2.27 bits per heavy atom. The van der Waals surface area contributed by atoms with E-state index in [1.54, 1.807) is 0 Å². The largest absolute Gasteiger partial charge is 0.352 e. The van der Waals surface area contributed by atoms with Crippen LogP contribution < -0.4 is 10.6 Å². The van der Waals surface area contributed by atoms with Gasteiger partial charge in [0.1, 0.15) is 0 Å². The third-order valence-electron chi connectivity index (χ3n) is 1.90. The van der Waals surface area contributed by atoms with Gasteiger partial charge in [-0.25, -0.2) is 0 Å². The maximum Gasteiger partial charge on any atom is 0.293 e. The van der Waals surface area contributed by atoms with Gasteiger partial charge in [0.25, 0.3) is 11.7 Å². The zero-order valence-corrected chi connectivity index (χ0v) is 7.86. The molecule has 2 amide bonds. The second-order valence-electron chi connectivity index (χ2n) is 3.26. The molecule has 1 aromatic heterocycles. The van der Waals surface area contributed by atoms with Crippen molar-refractivity contribution in [1.82, 2.24) is 31.3 Å². The standard InChI is InChI=1S/C7H10N6O2/c14-5(9-4-1-2-4)3-8-7(15)6-10-12-13-11-6/h4H,1-3H2,(H,8,15)(H,9,14)(H,10,11,12,13). The molecule has 8 heteroatoms. The third kappa shape index (κ3) is 2.73. The van der Waals surface area contributed by atoms with Crippen molar-refractivity contribution in [3.63, 3.8) is 0 Å². The van der Waals surface area contributed by atoms with E-state index < -0.39 is 5.91 Å². The van der Waals surface area contributed by atoms with Crippen molar-refractivity contribution in [2.45, 2.75) is 18.9 Å². The number of H-pyrrole nitrogens is 1. The summed E-state index contributed by atoms with van der Waals surface area (Å²) in [5.74, 6) is -0.793. The molecule has 1 fully saturated rings. The highest BCUT2D eigenvalue weighted by molar-refractivity contribution is 5.93. The van der Waals surface area contributed by atoms with Crippen molar-refractivity contribution in [3.05, 3.63) is 5.82 Å². The molecule has 2 rings (SSSR count). The van der Waals surface area contributed by atoms with Crippen molar-refractivity contribution in [2.75, 3.05) is 6.54 Å². The van der Waals surface area contributed by atoms with Crippen LogP contribution in [0, 0.1) is 0 Å². The predicted octanol–water partition coefficient (Wildman–Crippen LogP) is -1.79. The number of nitrogens with one attached hydrogen (secondary N) is 3. The Hall–Kier alpha value is -1.99. The number of carbonyl (C=O) groups is 2. The minimum Gasteiger partial charge on any atom is -0.352 e. The zero-order valence-electron chi connectivity index (χ0n) is 7.86. The van der Waals surface area contributed by atoms with Gasteiger partial charge in [-0.3, -0.25) is 9.59 Å². The van der Waals surface area contributed by atoms with Crippen LogP contribution >= 0.6 is 0 Å². The van der Waals surface area contributed by atoms with Crippen molar-refractivity contribution in [3.8, 4) is 0 Å². The van der Waals surface area contributed by atoms with E-state index in [0.717, 1.165) is 12.8 Å². The van der Waals surface area contributed by atoms with Crippen LogP contribution in [-0.4, -0.2) is 45.0 Å². The van der Waals surface area contributed by atoms with Crippen LogP contribution in [0.3, 0.4) is 0 Å². The Morgan fingerprint density at radius 1 is 1.47 bits per heavy atom. The average molecular weight is 210 g/mol. The summed E-state index contributed by atoms with van der Waals surface area (Å²) >= 11 is 0. The first kappa shape index (κ1) is 9.56. The minimum atomic E-state index is -0.519. The van der Waals surface area contributed by atoms with E-state index in [0.29, 0.717) is 6.04 Å². The lowest BCUT2D eigenvalue weighted by atomic mass is 10.5. The Balaban J connectivity index is 1.72. The molecule has 1 aliphatic carbocycles. The molecule has 80 valence electrons. The third-order valence-corrected chi connectivity index (χ3v) is 1.90. The molecule has 0 spiro atoms. The Morgan fingerprint density at radius 3 is 2.87 bits per heavy atom. The Kier molecular flexibility index (Phi) is 2.57. The molecule has 8 nitrogen and oxygen atoms in total. The van der Waals surface area contributed by atoms with Gasteiger partial charge in [-0.15, -0.1) is 10.2 Å². The minimum absolute atomic E-state index is 0.0656. The summed E-state index contributed by atoms with van der Waals surface area (Å²) in [6, 6.07) is 0.291. The number of hydrogen-bond donors (Lipinski definition) is 3. The van der Waals surface area contributed by atoms with Crippen LogP contribution in [0.1, 0.15) is 23.5 Å². The first-order valence-corrected chi connectivity index (χ1v) is 4.56. The van der Waals surface area contributed by atoms with Gasteiger partial charge in [0.15, 0.2) is 0 Å². The molecule has 1 aromatic rings. The molecule has 0 unspecified atom stereocenters. The fraction of sp³-hybridized carbons (Fsp3) is 0.571. The van der Waals surface area contributed by atoms with Gasteiger partial charge in [0, 0.05) is 6.04 Å². The number of carbonyl (C=O) groups excluding carboxylic acids is 2. The van der Waals surface area contributed by atoms with Crippen LogP contribution in [0.2, 0.25) is 0 Å². The molecule has 0 saturated heterocycles. The van der Waals surface area contributed by atoms with E-state index in [2.05, 4.69) is 31.3 Å². The van der Waals surface area contributed by atoms with Crippen LogP contribution in [0.15, 0.2) is 0 Å². The SMILES string of the molecule is O=C(CNC(=O)c1nn[nH]n1)NC1CC1. The number of aromatic nitrogens is 4. The van der Waals surface area contributed by atoms with E-state index in [9.17, 15) is 9.59 Å². The van der Waals surface area contributed by atoms with E-state index in [1.807, 2.05) is 0 Å². The van der Waals surface area contributed by atoms with Gasteiger partial charge >= 0.3 is 0 Å². The highest BCUT2D eigenvalue weighted by Crippen LogP contribution is 2.18. The number of hydrogen-bond acceptors (Lipinski definition) is 5. The van der Waals surface area contributed by atoms with Crippen LogP contribution in [0.5, 0.6) is 0 Å². The van der Waals surface area contributed by atoms with Gasteiger partial charge in [0.05, 0.1) is 6.54 Å². The lowest BCUT2D eigenvalue weighted by Crippen LogP contribution is -2.38. The molecule has 1 aliphatic rings. The smallest absolute Gasteiger partial charge is 0.293 e. The summed E-state index contributed by atoms with van der Waals surface area (Å²) in [5, 5.41) is 17.5.